The van der Waals surface area contributed by atoms with Crippen LogP contribution in [0.1, 0.15) is 26.7 Å². The van der Waals surface area contributed by atoms with Crippen molar-refractivity contribution >= 4 is 11.8 Å². The first kappa shape index (κ1) is 12.8. The van der Waals surface area contributed by atoms with Crippen LogP contribution in [0.15, 0.2) is 36.0 Å². The summed E-state index contributed by atoms with van der Waals surface area (Å²) < 4.78 is 0. The zero-order valence-electron chi connectivity index (χ0n) is 10.8. The van der Waals surface area contributed by atoms with Gasteiger partial charge in [0.15, 0.2) is 5.78 Å². The minimum absolute atomic E-state index is 0.0713. The first-order chi connectivity index (χ1) is 8.36. The molecule has 0 radical (unpaired) electrons. The van der Waals surface area contributed by atoms with E-state index in [9.17, 15) is 9.59 Å². The van der Waals surface area contributed by atoms with Gasteiger partial charge in [-0.1, -0.05) is 32.6 Å². The molecule has 1 N–H and O–H groups in total. The van der Waals surface area contributed by atoms with Crippen LogP contribution in [0.25, 0.3) is 0 Å². The summed E-state index contributed by atoms with van der Waals surface area (Å²) in [4.78, 5) is 22.8. The summed E-state index contributed by atoms with van der Waals surface area (Å²) in [5.74, 6) is -0.988. The number of carbonyl (C=O) groups is 2. The van der Waals surface area contributed by atoms with Crippen LogP contribution in [0.5, 0.6) is 0 Å². The number of allylic oxidation sites excluding steroid dienone is 4. The highest BCUT2D eigenvalue weighted by atomic mass is 16.4. The molecule has 96 valence electrons. The Morgan fingerprint density at radius 1 is 1.50 bits per heavy atom. The van der Waals surface area contributed by atoms with Gasteiger partial charge < -0.3 is 5.11 Å². The van der Waals surface area contributed by atoms with Crippen molar-refractivity contribution in [2.24, 2.45) is 17.3 Å². The highest BCUT2D eigenvalue weighted by Gasteiger charge is 2.44. The third-order valence-corrected chi connectivity index (χ3v) is 4.53. The summed E-state index contributed by atoms with van der Waals surface area (Å²) in [6, 6.07) is 0. The van der Waals surface area contributed by atoms with Gasteiger partial charge in [-0.25, -0.2) is 4.79 Å². The van der Waals surface area contributed by atoms with E-state index in [0.29, 0.717) is 12.8 Å². The van der Waals surface area contributed by atoms with E-state index in [2.05, 4.69) is 12.7 Å². The molecule has 0 bridgehead atoms. The Labute approximate surface area is 107 Å². The van der Waals surface area contributed by atoms with Gasteiger partial charge in [0.2, 0.25) is 0 Å². The van der Waals surface area contributed by atoms with Crippen LogP contribution in [0.2, 0.25) is 0 Å². The van der Waals surface area contributed by atoms with E-state index >= 15 is 0 Å². The molecule has 0 saturated carbocycles. The SMILES string of the molecule is C=C(C(=O)O)C1CC=C2C=CC(=O)C(C)C2(C)C1. The number of ketones is 1. The van der Waals surface area contributed by atoms with Crippen molar-refractivity contribution in [1.29, 1.82) is 0 Å². The molecule has 0 amide bonds. The summed E-state index contributed by atoms with van der Waals surface area (Å²) in [7, 11) is 0. The van der Waals surface area contributed by atoms with Crippen molar-refractivity contribution in [3.8, 4) is 0 Å². The number of carboxylic acid groups (broad SMARTS) is 1. The molecule has 2 aliphatic rings. The van der Waals surface area contributed by atoms with Gasteiger partial charge >= 0.3 is 5.97 Å². The normalized spacial score (nSPS) is 34.8. The van der Waals surface area contributed by atoms with E-state index in [-0.39, 0.29) is 28.6 Å². The second-order valence-electron chi connectivity index (χ2n) is 5.50. The Morgan fingerprint density at radius 3 is 2.78 bits per heavy atom. The Kier molecular flexibility index (Phi) is 3.01. The second-order valence-corrected chi connectivity index (χ2v) is 5.50. The van der Waals surface area contributed by atoms with Gasteiger partial charge in [0.25, 0.3) is 0 Å². The van der Waals surface area contributed by atoms with Crippen LogP contribution in [0.3, 0.4) is 0 Å². The summed E-state index contributed by atoms with van der Waals surface area (Å²) in [6.07, 6.45) is 6.94. The monoisotopic (exact) mass is 246 g/mol. The zero-order valence-corrected chi connectivity index (χ0v) is 10.8. The number of rotatable bonds is 2. The lowest BCUT2D eigenvalue weighted by molar-refractivity contribution is -0.133. The van der Waals surface area contributed by atoms with Gasteiger partial charge in [-0.2, -0.15) is 0 Å². The summed E-state index contributed by atoms with van der Waals surface area (Å²) in [5, 5.41) is 9.03. The molecule has 3 nitrogen and oxygen atoms in total. The maximum atomic E-state index is 11.8. The van der Waals surface area contributed by atoms with Crippen LogP contribution in [0.4, 0.5) is 0 Å². The lowest BCUT2D eigenvalue weighted by Gasteiger charge is -2.43. The van der Waals surface area contributed by atoms with Crippen LogP contribution in [-0.4, -0.2) is 16.9 Å². The number of fused-ring (bicyclic) bond motifs is 1. The summed E-state index contributed by atoms with van der Waals surface area (Å²) in [6.45, 7) is 7.63. The highest BCUT2D eigenvalue weighted by molar-refractivity contribution is 5.94. The molecule has 2 aliphatic carbocycles. The summed E-state index contributed by atoms with van der Waals surface area (Å²) >= 11 is 0. The fourth-order valence-corrected chi connectivity index (χ4v) is 2.97. The predicted molar refractivity (Wildman–Crippen MR) is 69.0 cm³/mol. The molecule has 0 saturated heterocycles. The number of hydrogen-bond acceptors (Lipinski definition) is 2. The molecule has 0 heterocycles. The number of carboxylic acids is 1. The summed E-state index contributed by atoms with van der Waals surface area (Å²) in [5.41, 5.74) is 1.15. The Balaban J connectivity index is 2.34. The molecule has 3 unspecified atom stereocenters. The highest BCUT2D eigenvalue weighted by Crippen LogP contribution is 2.49. The van der Waals surface area contributed by atoms with Crippen LogP contribution in [0, 0.1) is 17.3 Å². The van der Waals surface area contributed by atoms with Crippen LogP contribution in [-0.2, 0) is 9.59 Å². The molecular formula is C15H18O3. The van der Waals surface area contributed by atoms with Crippen molar-refractivity contribution < 1.29 is 14.7 Å². The average molecular weight is 246 g/mol. The third kappa shape index (κ3) is 1.84. The van der Waals surface area contributed by atoms with Gasteiger partial charge in [-0.15, -0.1) is 0 Å². The first-order valence-corrected chi connectivity index (χ1v) is 6.21. The molecular weight excluding hydrogens is 228 g/mol. The van der Waals surface area contributed by atoms with E-state index in [1.54, 1.807) is 6.08 Å². The van der Waals surface area contributed by atoms with Crippen molar-refractivity contribution in [1.82, 2.24) is 0 Å². The van der Waals surface area contributed by atoms with Crippen LogP contribution >= 0.6 is 0 Å². The van der Waals surface area contributed by atoms with E-state index < -0.39 is 5.97 Å². The van der Waals surface area contributed by atoms with Crippen molar-refractivity contribution in [3.63, 3.8) is 0 Å². The second kappa shape index (κ2) is 4.23. The number of aliphatic carboxylic acids is 1. The van der Waals surface area contributed by atoms with Gasteiger partial charge in [0.05, 0.1) is 0 Å². The van der Waals surface area contributed by atoms with Gasteiger partial charge in [0, 0.05) is 16.9 Å². The molecule has 0 aromatic rings. The first-order valence-electron chi connectivity index (χ1n) is 6.21. The molecule has 0 fully saturated rings. The molecule has 3 atom stereocenters. The Hall–Kier alpha value is -1.64. The van der Waals surface area contributed by atoms with Gasteiger partial charge in [-0.3, -0.25) is 4.79 Å². The van der Waals surface area contributed by atoms with Crippen LogP contribution < -0.4 is 0 Å². The lowest BCUT2D eigenvalue weighted by Crippen LogP contribution is -2.39. The van der Waals surface area contributed by atoms with E-state index in [1.807, 2.05) is 19.9 Å². The van der Waals surface area contributed by atoms with Crippen molar-refractivity contribution in [3.05, 3.63) is 36.0 Å². The standard InChI is InChI=1S/C15H18O3/c1-9(14(17)18)11-4-5-12-6-7-13(16)10(2)15(12,3)8-11/h5-7,10-11H,1,4,8H2,2-3H3,(H,17,18). The molecule has 2 rings (SSSR count). The van der Waals surface area contributed by atoms with Gasteiger partial charge in [0.1, 0.15) is 0 Å². The van der Waals surface area contributed by atoms with E-state index in [1.165, 1.54) is 0 Å². The smallest absolute Gasteiger partial charge is 0.331 e. The fraction of sp³-hybridized carbons (Fsp3) is 0.467. The average Bonchev–Trinajstić information content (AvgIpc) is 2.33. The van der Waals surface area contributed by atoms with Crippen molar-refractivity contribution in [2.45, 2.75) is 26.7 Å². The number of hydrogen-bond donors (Lipinski definition) is 1. The van der Waals surface area contributed by atoms with E-state index in [4.69, 9.17) is 5.11 Å². The lowest BCUT2D eigenvalue weighted by atomic mass is 9.59. The Bertz CT molecular complexity index is 484. The quantitative estimate of drug-likeness (QED) is 0.762. The third-order valence-electron chi connectivity index (χ3n) is 4.53. The van der Waals surface area contributed by atoms with E-state index in [0.717, 1.165) is 5.57 Å². The van der Waals surface area contributed by atoms with Gasteiger partial charge in [-0.05, 0) is 30.4 Å². The molecule has 0 aromatic carbocycles. The maximum absolute atomic E-state index is 11.8. The predicted octanol–water partition coefficient (Wildman–Crippen LogP) is 2.74. The molecule has 0 aliphatic heterocycles. The minimum Gasteiger partial charge on any atom is -0.478 e. The number of carbonyl (C=O) groups excluding carboxylic acids is 1. The molecule has 0 spiro atoms. The molecule has 18 heavy (non-hydrogen) atoms. The minimum atomic E-state index is -0.939. The zero-order chi connectivity index (χ0) is 13.5. The Morgan fingerprint density at radius 2 is 2.17 bits per heavy atom. The fourth-order valence-electron chi connectivity index (χ4n) is 2.97. The molecule has 3 heteroatoms. The molecule has 0 aromatic heterocycles. The van der Waals surface area contributed by atoms with Crippen molar-refractivity contribution in [2.75, 3.05) is 0 Å². The topological polar surface area (TPSA) is 54.4 Å². The largest absolute Gasteiger partial charge is 0.478 e. The maximum Gasteiger partial charge on any atom is 0.331 e.